The molecule has 0 aliphatic carbocycles. The summed E-state index contributed by atoms with van der Waals surface area (Å²) in [7, 11) is -4.10. The van der Waals surface area contributed by atoms with Crippen LogP contribution in [0.4, 0.5) is 0 Å². The number of pyridine rings is 1. The second-order valence-corrected chi connectivity index (χ2v) is 6.38. The fourth-order valence-electron chi connectivity index (χ4n) is 1.11. The molecule has 0 fully saturated rings. The van der Waals surface area contributed by atoms with Crippen LogP contribution in [0.5, 0.6) is 0 Å². The zero-order valence-corrected chi connectivity index (χ0v) is 11.7. The standard InChI is InChI=1S/C8H9Br2NO3S/c9-7-4-8(10)6-11(5-7)2-1-3-15(12,13)14/h4-6H,1-3H2. The lowest BCUT2D eigenvalue weighted by atomic mass is 10.4. The molecule has 1 heterocycles. The van der Waals surface area contributed by atoms with Crippen LogP contribution in [0, 0.1) is 0 Å². The van der Waals surface area contributed by atoms with Crippen molar-refractivity contribution in [2.45, 2.75) is 13.0 Å². The summed E-state index contributed by atoms with van der Waals surface area (Å²) in [6.07, 6.45) is 3.96. The summed E-state index contributed by atoms with van der Waals surface area (Å²) in [5.74, 6) is -0.329. The molecule has 0 amide bonds. The normalized spacial score (nSPS) is 11.7. The molecule has 0 radical (unpaired) electrons. The van der Waals surface area contributed by atoms with Crippen molar-refractivity contribution >= 4 is 42.0 Å². The van der Waals surface area contributed by atoms with Crippen molar-refractivity contribution in [2.24, 2.45) is 0 Å². The Morgan fingerprint density at radius 1 is 1.27 bits per heavy atom. The molecule has 1 aromatic rings. The first-order valence-corrected chi connectivity index (χ1v) is 7.32. The van der Waals surface area contributed by atoms with Gasteiger partial charge in [0.1, 0.15) is 6.54 Å². The lowest BCUT2D eigenvalue weighted by molar-refractivity contribution is -0.697. The van der Waals surface area contributed by atoms with Gasteiger partial charge >= 0.3 is 0 Å². The van der Waals surface area contributed by atoms with Crippen molar-refractivity contribution in [2.75, 3.05) is 5.75 Å². The highest BCUT2D eigenvalue weighted by molar-refractivity contribution is 9.11. The SMILES string of the molecule is O=S(=O)([O-])CCC[n+]1cc(Br)cc(Br)c1. The fourth-order valence-corrected chi connectivity index (χ4v) is 2.92. The van der Waals surface area contributed by atoms with Crippen molar-refractivity contribution in [3.63, 3.8) is 0 Å². The lowest BCUT2D eigenvalue weighted by Gasteiger charge is -2.04. The van der Waals surface area contributed by atoms with Crippen LogP contribution in [0.3, 0.4) is 0 Å². The van der Waals surface area contributed by atoms with E-state index < -0.39 is 10.1 Å². The zero-order chi connectivity index (χ0) is 11.5. The summed E-state index contributed by atoms with van der Waals surface area (Å²) in [4.78, 5) is 0. The zero-order valence-electron chi connectivity index (χ0n) is 7.69. The van der Waals surface area contributed by atoms with Gasteiger partial charge in [-0.1, -0.05) is 0 Å². The molecule has 0 saturated heterocycles. The van der Waals surface area contributed by atoms with Gasteiger partial charge in [0.2, 0.25) is 0 Å². The molecule has 7 heteroatoms. The van der Waals surface area contributed by atoms with E-state index in [9.17, 15) is 13.0 Å². The van der Waals surface area contributed by atoms with Crippen LogP contribution >= 0.6 is 31.9 Å². The average Bonchev–Trinajstić information content (AvgIpc) is 1.99. The molecule has 1 aromatic heterocycles. The van der Waals surface area contributed by atoms with Gasteiger partial charge in [0.15, 0.2) is 12.4 Å². The van der Waals surface area contributed by atoms with Crippen LogP contribution < -0.4 is 4.57 Å². The van der Waals surface area contributed by atoms with E-state index in [2.05, 4.69) is 31.9 Å². The Labute approximate surface area is 105 Å². The molecule has 0 unspecified atom stereocenters. The Kier molecular flexibility index (Phi) is 4.69. The molecule has 0 atom stereocenters. The Balaban J connectivity index is 2.58. The molecule has 0 aliphatic rings. The summed E-state index contributed by atoms with van der Waals surface area (Å²) in [6.45, 7) is 0.500. The van der Waals surface area contributed by atoms with E-state index in [0.717, 1.165) is 8.95 Å². The van der Waals surface area contributed by atoms with Crippen LogP contribution in [0.1, 0.15) is 6.42 Å². The van der Waals surface area contributed by atoms with E-state index in [0.29, 0.717) is 13.0 Å². The Hall–Kier alpha value is 0.0200. The van der Waals surface area contributed by atoms with Gasteiger partial charge in [-0.3, -0.25) is 0 Å². The highest BCUT2D eigenvalue weighted by atomic mass is 79.9. The maximum Gasteiger partial charge on any atom is 0.183 e. The minimum absolute atomic E-state index is 0.319. The number of hydrogen-bond acceptors (Lipinski definition) is 3. The predicted octanol–water partition coefficient (Wildman–Crippen LogP) is 1.43. The van der Waals surface area contributed by atoms with Gasteiger partial charge < -0.3 is 4.55 Å². The van der Waals surface area contributed by atoms with Gasteiger partial charge in [-0.2, -0.15) is 0 Å². The van der Waals surface area contributed by atoms with Crippen LogP contribution in [-0.4, -0.2) is 18.7 Å². The van der Waals surface area contributed by atoms with Crippen LogP contribution in [0.2, 0.25) is 0 Å². The van der Waals surface area contributed by atoms with E-state index >= 15 is 0 Å². The number of aromatic nitrogens is 1. The average molecular weight is 359 g/mol. The van der Waals surface area contributed by atoms with Gasteiger partial charge in [0, 0.05) is 12.2 Å². The first-order chi connectivity index (χ1) is 6.87. The smallest absolute Gasteiger partial charge is 0.183 e. The van der Waals surface area contributed by atoms with Gasteiger partial charge in [-0.05, 0) is 37.9 Å². The minimum Gasteiger partial charge on any atom is -0.748 e. The number of hydrogen-bond donors (Lipinski definition) is 0. The third-order valence-corrected chi connectivity index (χ3v) is 3.32. The first kappa shape index (κ1) is 13.1. The van der Waals surface area contributed by atoms with Crippen molar-refractivity contribution < 1.29 is 17.5 Å². The first-order valence-electron chi connectivity index (χ1n) is 4.15. The molecule has 0 aliphatic heterocycles. The minimum atomic E-state index is -4.10. The van der Waals surface area contributed by atoms with Gasteiger partial charge in [-0.15, -0.1) is 0 Å². The van der Waals surface area contributed by atoms with E-state index in [-0.39, 0.29) is 5.75 Å². The Bertz CT molecular complexity index is 427. The molecular weight excluding hydrogens is 350 g/mol. The molecule has 15 heavy (non-hydrogen) atoms. The van der Waals surface area contributed by atoms with E-state index in [1.54, 1.807) is 0 Å². The summed E-state index contributed by atoms with van der Waals surface area (Å²) >= 11 is 6.63. The highest BCUT2D eigenvalue weighted by Crippen LogP contribution is 2.13. The molecule has 0 saturated carbocycles. The van der Waals surface area contributed by atoms with E-state index in [1.165, 1.54) is 0 Å². The third kappa shape index (κ3) is 5.60. The summed E-state index contributed by atoms with van der Waals surface area (Å²) in [5, 5.41) is 0. The lowest BCUT2D eigenvalue weighted by Crippen LogP contribution is -2.34. The van der Waals surface area contributed by atoms with Crippen LogP contribution in [-0.2, 0) is 16.7 Å². The maximum absolute atomic E-state index is 10.4. The van der Waals surface area contributed by atoms with Gasteiger partial charge in [0.25, 0.3) is 0 Å². The summed E-state index contributed by atoms with van der Waals surface area (Å²) in [5.41, 5.74) is 0. The van der Waals surface area contributed by atoms with Crippen molar-refractivity contribution in [1.82, 2.24) is 0 Å². The second kappa shape index (κ2) is 5.38. The molecule has 0 aromatic carbocycles. The molecular formula is C8H9Br2NO3S. The summed E-state index contributed by atoms with van der Waals surface area (Å²) in [6, 6.07) is 1.88. The van der Waals surface area contributed by atoms with Crippen molar-refractivity contribution in [3.05, 3.63) is 27.4 Å². The second-order valence-electron chi connectivity index (χ2n) is 3.03. The van der Waals surface area contributed by atoms with E-state index in [1.807, 2.05) is 23.0 Å². The monoisotopic (exact) mass is 357 g/mol. The van der Waals surface area contributed by atoms with Crippen LogP contribution in [0.15, 0.2) is 27.4 Å². The molecule has 0 bridgehead atoms. The Morgan fingerprint density at radius 3 is 2.27 bits per heavy atom. The number of rotatable bonds is 4. The molecule has 1 rings (SSSR count). The molecule has 4 nitrogen and oxygen atoms in total. The van der Waals surface area contributed by atoms with Gasteiger partial charge in [-0.25, -0.2) is 13.0 Å². The summed E-state index contributed by atoms with van der Waals surface area (Å²) < 4.78 is 34.7. The van der Waals surface area contributed by atoms with E-state index in [4.69, 9.17) is 0 Å². The van der Waals surface area contributed by atoms with Crippen LogP contribution in [0.25, 0.3) is 0 Å². The maximum atomic E-state index is 10.4. The largest absolute Gasteiger partial charge is 0.748 e. The number of halogens is 2. The predicted molar refractivity (Wildman–Crippen MR) is 61.2 cm³/mol. The number of nitrogens with zero attached hydrogens (tertiary/aromatic N) is 1. The quantitative estimate of drug-likeness (QED) is 0.604. The molecule has 0 spiro atoms. The Morgan fingerprint density at radius 2 is 1.80 bits per heavy atom. The topological polar surface area (TPSA) is 61.1 Å². The third-order valence-electron chi connectivity index (χ3n) is 1.66. The van der Waals surface area contributed by atoms with Crippen molar-refractivity contribution in [3.8, 4) is 0 Å². The fraction of sp³-hybridized carbons (Fsp3) is 0.375. The number of aryl methyl sites for hydroxylation is 1. The van der Waals surface area contributed by atoms with Crippen molar-refractivity contribution in [1.29, 1.82) is 0 Å². The molecule has 0 N–H and O–H groups in total. The highest BCUT2D eigenvalue weighted by Gasteiger charge is 2.05. The molecule has 84 valence electrons. The van der Waals surface area contributed by atoms with Gasteiger partial charge in [0.05, 0.1) is 19.1 Å².